The van der Waals surface area contributed by atoms with Gasteiger partial charge in [0.05, 0.1) is 17.7 Å². The van der Waals surface area contributed by atoms with Gasteiger partial charge in [-0.05, 0) is 24.6 Å². The number of nitrogens with two attached hydrogens (primary N) is 1. The number of aryl methyl sites for hydroxylation is 1. The van der Waals surface area contributed by atoms with Crippen molar-refractivity contribution in [2.45, 2.75) is 13.5 Å². The van der Waals surface area contributed by atoms with Crippen LogP contribution >= 0.6 is 0 Å². The first kappa shape index (κ1) is 11.7. The van der Waals surface area contributed by atoms with Crippen molar-refractivity contribution in [1.29, 1.82) is 0 Å². The second kappa shape index (κ2) is 4.40. The van der Waals surface area contributed by atoms with Gasteiger partial charge in [0, 0.05) is 7.11 Å². The van der Waals surface area contributed by atoms with Gasteiger partial charge in [0.15, 0.2) is 5.65 Å². The molecule has 0 spiro atoms. The van der Waals surface area contributed by atoms with Crippen LogP contribution in [0.3, 0.4) is 0 Å². The normalized spacial score (nSPS) is 11.3. The molecule has 0 atom stereocenters. The smallest absolute Gasteiger partial charge is 0.186 e. The highest BCUT2D eigenvalue weighted by Gasteiger charge is 2.17. The zero-order valence-corrected chi connectivity index (χ0v) is 10.8. The maximum Gasteiger partial charge on any atom is 0.186 e. The van der Waals surface area contributed by atoms with Crippen molar-refractivity contribution in [3.8, 4) is 5.69 Å². The van der Waals surface area contributed by atoms with Crippen LogP contribution in [0, 0.1) is 6.92 Å². The first-order valence-electron chi connectivity index (χ1n) is 5.98. The Balaban J connectivity index is 2.24. The van der Waals surface area contributed by atoms with Gasteiger partial charge >= 0.3 is 0 Å². The van der Waals surface area contributed by atoms with E-state index in [0.717, 1.165) is 28.0 Å². The molecule has 0 bridgehead atoms. The van der Waals surface area contributed by atoms with Gasteiger partial charge in [-0.25, -0.2) is 4.68 Å². The molecule has 0 aliphatic heterocycles. The van der Waals surface area contributed by atoms with Crippen LogP contribution < -0.4 is 5.73 Å². The van der Waals surface area contributed by atoms with Crippen molar-refractivity contribution < 1.29 is 4.74 Å². The van der Waals surface area contributed by atoms with Crippen LogP contribution in [0.4, 0.5) is 5.82 Å². The Bertz CT molecular complexity index is 728. The molecule has 6 heteroatoms. The summed E-state index contributed by atoms with van der Waals surface area (Å²) in [6.07, 6.45) is 0. The summed E-state index contributed by atoms with van der Waals surface area (Å²) in [7, 11) is 1.63. The standard InChI is InChI=1S/C13H15N5O/c1-8-4-3-5-9(6-8)18-13-11(12(14)15-16-13)10(17-18)7-19-2/h3-6H,7H2,1-2H3,(H3,14,15,16). The summed E-state index contributed by atoms with van der Waals surface area (Å²) in [5.41, 5.74) is 9.52. The predicted molar refractivity (Wildman–Crippen MR) is 73.1 cm³/mol. The molecule has 0 amide bonds. The fourth-order valence-electron chi connectivity index (χ4n) is 2.18. The quantitative estimate of drug-likeness (QED) is 0.749. The van der Waals surface area contributed by atoms with Gasteiger partial charge in [-0.1, -0.05) is 12.1 Å². The van der Waals surface area contributed by atoms with Gasteiger partial charge in [-0.2, -0.15) is 10.2 Å². The number of nitrogen functional groups attached to an aromatic ring is 1. The molecule has 0 unspecified atom stereocenters. The van der Waals surface area contributed by atoms with E-state index in [1.54, 1.807) is 11.8 Å². The number of hydrogen-bond acceptors (Lipinski definition) is 4. The van der Waals surface area contributed by atoms with E-state index in [4.69, 9.17) is 10.5 Å². The summed E-state index contributed by atoms with van der Waals surface area (Å²) < 4.78 is 6.94. The third-order valence-electron chi connectivity index (χ3n) is 3.01. The van der Waals surface area contributed by atoms with Crippen molar-refractivity contribution in [2.75, 3.05) is 12.8 Å². The molecule has 1 aromatic carbocycles. The molecule has 0 radical (unpaired) electrons. The number of anilines is 1. The minimum atomic E-state index is 0.402. The Morgan fingerprint density at radius 1 is 1.42 bits per heavy atom. The van der Waals surface area contributed by atoms with Crippen LogP contribution in [-0.4, -0.2) is 27.1 Å². The zero-order chi connectivity index (χ0) is 13.4. The number of ether oxygens (including phenoxy) is 1. The highest BCUT2D eigenvalue weighted by Crippen LogP contribution is 2.25. The van der Waals surface area contributed by atoms with Crippen LogP contribution in [-0.2, 0) is 11.3 Å². The lowest BCUT2D eigenvalue weighted by Crippen LogP contribution is -1.99. The number of aromatic amines is 1. The molecule has 3 N–H and O–H groups in total. The lowest BCUT2D eigenvalue weighted by atomic mass is 10.2. The lowest BCUT2D eigenvalue weighted by Gasteiger charge is -2.02. The average molecular weight is 257 g/mol. The molecule has 98 valence electrons. The highest BCUT2D eigenvalue weighted by atomic mass is 16.5. The van der Waals surface area contributed by atoms with Gasteiger partial charge in [0.1, 0.15) is 11.5 Å². The van der Waals surface area contributed by atoms with E-state index < -0.39 is 0 Å². The van der Waals surface area contributed by atoms with Crippen LogP contribution in [0.15, 0.2) is 24.3 Å². The summed E-state index contributed by atoms with van der Waals surface area (Å²) in [6.45, 7) is 2.44. The molecule has 0 saturated carbocycles. The Morgan fingerprint density at radius 2 is 2.26 bits per heavy atom. The Kier molecular flexibility index (Phi) is 2.72. The summed E-state index contributed by atoms with van der Waals surface area (Å²) in [5, 5.41) is 12.4. The third-order valence-corrected chi connectivity index (χ3v) is 3.01. The summed E-state index contributed by atoms with van der Waals surface area (Å²) in [6, 6.07) is 8.07. The SMILES string of the molecule is COCc1nn(-c2cccc(C)c2)c2n[nH]c(N)c12. The van der Waals surface area contributed by atoms with E-state index in [-0.39, 0.29) is 0 Å². The topological polar surface area (TPSA) is 81.8 Å². The molecule has 6 nitrogen and oxygen atoms in total. The number of aromatic nitrogens is 4. The second-order valence-electron chi connectivity index (χ2n) is 4.47. The second-order valence-corrected chi connectivity index (χ2v) is 4.47. The maximum absolute atomic E-state index is 5.90. The van der Waals surface area contributed by atoms with Gasteiger partial charge in [0.25, 0.3) is 0 Å². The van der Waals surface area contributed by atoms with Crippen LogP contribution in [0.1, 0.15) is 11.3 Å². The molecule has 0 aliphatic rings. The van der Waals surface area contributed by atoms with Crippen molar-refractivity contribution in [2.24, 2.45) is 0 Å². The number of methoxy groups -OCH3 is 1. The predicted octanol–water partition coefficient (Wildman–Crippen LogP) is 1.79. The third kappa shape index (κ3) is 1.86. The molecule has 0 saturated heterocycles. The summed E-state index contributed by atoms with van der Waals surface area (Å²) in [4.78, 5) is 0. The van der Waals surface area contributed by atoms with Gasteiger partial charge in [-0.3, -0.25) is 5.10 Å². The van der Waals surface area contributed by atoms with Crippen LogP contribution in [0.5, 0.6) is 0 Å². The maximum atomic E-state index is 5.90. The number of rotatable bonds is 3. The molecule has 2 aromatic heterocycles. The fraction of sp³-hybridized carbons (Fsp3) is 0.231. The number of hydrogen-bond donors (Lipinski definition) is 2. The Morgan fingerprint density at radius 3 is 3.00 bits per heavy atom. The molecular formula is C13H15N5O. The lowest BCUT2D eigenvalue weighted by molar-refractivity contribution is 0.182. The van der Waals surface area contributed by atoms with Gasteiger partial charge in [0.2, 0.25) is 0 Å². The molecule has 3 aromatic rings. The molecule has 0 aliphatic carbocycles. The first-order chi connectivity index (χ1) is 9.20. The number of H-pyrrole nitrogens is 1. The van der Waals surface area contributed by atoms with Crippen LogP contribution in [0.25, 0.3) is 16.7 Å². The zero-order valence-electron chi connectivity index (χ0n) is 10.8. The number of benzene rings is 1. The monoisotopic (exact) mass is 257 g/mol. The summed E-state index contributed by atoms with van der Waals surface area (Å²) >= 11 is 0. The van der Waals surface area contributed by atoms with E-state index >= 15 is 0 Å². The van der Waals surface area contributed by atoms with E-state index in [1.807, 2.05) is 31.2 Å². The van der Waals surface area contributed by atoms with Crippen molar-refractivity contribution >= 4 is 16.9 Å². The van der Waals surface area contributed by atoms with Crippen molar-refractivity contribution in [3.05, 3.63) is 35.5 Å². The largest absolute Gasteiger partial charge is 0.383 e. The minimum absolute atomic E-state index is 0.402. The van der Waals surface area contributed by atoms with Crippen molar-refractivity contribution in [3.63, 3.8) is 0 Å². The molecule has 3 rings (SSSR count). The van der Waals surface area contributed by atoms with E-state index in [2.05, 4.69) is 15.3 Å². The number of fused-ring (bicyclic) bond motifs is 1. The average Bonchev–Trinajstić information content (AvgIpc) is 2.93. The number of nitrogens with zero attached hydrogens (tertiary/aromatic N) is 3. The molecule has 2 heterocycles. The van der Waals surface area contributed by atoms with E-state index in [0.29, 0.717) is 12.4 Å². The van der Waals surface area contributed by atoms with Gasteiger partial charge in [-0.15, -0.1) is 0 Å². The van der Waals surface area contributed by atoms with E-state index in [9.17, 15) is 0 Å². The summed E-state index contributed by atoms with van der Waals surface area (Å²) in [5.74, 6) is 0.515. The Hall–Kier alpha value is -2.34. The fourth-order valence-corrected chi connectivity index (χ4v) is 2.18. The number of nitrogens with one attached hydrogen (secondary N) is 1. The Labute approximate surface area is 110 Å². The highest BCUT2D eigenvalue weighted by molar-refractivity contribution is 5.89. The molecule has 19 heavy (non-hydrogen) atoms. The van der Waals surface area contributed by atoms with E-state index in [1.165, 1.54) is 0 Å². The molecular weight excluding hydrogens is 242 g/mol. The van der Waals surface area contributed by atoms with Gasteiger partial charge < -0.3 is 10.5 Å². The molecule has 0 fully saturated rings. The first-order valence-corrected chi connectivity index (χ1v) is 5.98. The van der Waals surface area contributed by atoms with Crippen LogP contribution in [0.2, 0.25) is 0 Å². The van der Waals surface area contributed by atoms with Crippen molar-refractivity contribution in [1.82, 2.24) is 20.0 Å². The minimum Gasteiger partial charge on any atom is -0.383 e.